The SMILES string of the molecule is C1CCC2(CC1)CCN(CC1CO1)CC2. The number of rotatable bonds is 2. The van der Waals surface area contributed by atoms with Crippen molar-refractivity contribution >= 4 is 0 Å². The van der Waals surface area contributed by atoms with Gasteiger partial charge in [0.15, 0.2) is 0 Å². The summed E-state index contributed by atoms with van der Waals surface area (Å²) in [7, 11) is 0. The topological polar surface area (TPSA) is 15.8 Å². The van der Waals surface area contributed by atoms with Gasteiger partial charge in [0.2, 0.25) is 0 Å². The zero-order valence-corrected chi connectivity index (χ0v) is 9.71. The molecule has 1 atom stereocenters. The lowest BCUT2D eigenvalue weighted by molar-refractivity contribution is 0.0643. The van der Waals surface area contributed by atoms with Gasteiger partial charge in [-0.1, -0.05) is 19.3 Å². The van der Waals surface area contributed by atoms with E-state index in [4.69, 9.17) is 4.74 Å². The molecule has 0 N–H and O–H groups in total. The number of likely N-dealkylation sites (tertiary alicyclic amines) is 1. The van der Waals surface area contributed by atoms with Crippen LogP contribution >= 0.6 is 0 Å². The van der Waals surface area contributed by atoms with Crippen molar-refractivity contribution in [2.75, 3.05) is 26.2 Å². The maximum Gasteiger partial charge on any atom is 0.0936 e. The van der Waals surface area contributed by atoms with E-state index >= 15 is 0 Å². The van der Waals surface area contributed by atoms with Gasteiger partial charge in [-0.3, -0.25) is 0 Å². The van der Waals surface area contributed by atoms with E-state index in [0.717, 1.165) is 12.0 Å². The van der Waals surface area contributed by atoms with Gasteiger partial charge in [0.1, 0.15) is 0 Å². The molecular weight excluding hydrogens is 186 g/mol. The van der Waals surface area contributed by atoms with Gasteiger partial charge in [0.25, 0.3) is 0 Å². The Hall–Kier alpha value is -0.0800. The van der Waals surface area contributed by atoms with Gasteiger partial charge >= 0.3 is 0 Å². The Labute approximate surface area is 93.0 Å². The Bertz CT molecular complexity index is 209. The summed E-state index contributed by atoms with van der Waals surface area (Å²) < 4.78 is 5.31. The fourth-order valence-corrected chi connectivity index (χ4v) is 3.47. The van der Waals surface area contributed by atoms with Gasteiger partial charge in [-0.15, -0.1) is 0 Å². The molecule has 0 radical (unpaired) electrons. The van der Waals surface area contributed by atoms with E-state index < -0.39 is 0 Å². The summed E-state index contributed by atoms with van der Waals surface area (Å²) in [5.41, 5.74) is 0.763. The third-order valence-corrected chi connectivity index (χ3v) is 4.70. The summed E-state index contributed by atoms with van der Waals surface area (Å²) in [6.45, 7) is 4.89. The molecule has 0 aromatic carbocycles. The Balaban J connectivity index is 1.49. The van der Waals surface area contributed by atoms with Crippen LogP contribution < -0.4 is 0 Å². The second-order valence-corrected chi connectivity index (χ2v) is 5.82. The first-order chi connectivity index (χ1) is 7.36. The molecule has 3 fully saturated rings. The number of nitrogens with zero attached hydrogens (tertiary/aromatic N) is 1. The molecular formula is C13H23NO. The van der Waals surface area contributed by atoms with Gasteiger partial charge in [-0.2, -0.15) is 0 Å². The lowest BCUT2D eigenvalue weighted by atomic mass is 9.68. The molecule has 86 valence electrons. The number of hydrogen-bond donors (Lipinski definition) is 0. The van der Waals surface area contributed by atoms with Gasteiger partial charge < -0.3 is 9.64 Å². The second kappa shape index (κ2) is 4.06. The van der Waals surface area contributed by atoms with Crippen molar-refractivity contribution in [2.24, 2.45) is 5.41 Å². The van der Waals surface area contributed by atoms with Crippen LogP contribution in [0.4, 0.5) is 0 Å². The van der Waals surface area contributed by atoms with Gasteiger partial charge in [0, 0.05) is 6.54 Å². The average Bonchev–Trinajstić information content (AvgIpc) is 3.07. The molecule has 2 heterocycles. The molecule has 1 saturated carbocycles. The number of ether oxygens (including phenoxy) is 1. The molecule has 1 spiro atoms. The standard InChI is InChI=1S/C13H23NO/c1-2-4-13(5-3-1)6-8-14(9-7-13)10-12-11-15-12/h12H,1-11H2. The van der Waals surface area contributed by atoms with Crippen molar-refractivity contribution < 1.29 is 4.74 Å². The van der Waals surface area contributed by atoms with Crippen molar-refractivity contribution in [2.45, 2.75) is 51.0 Å². The van der Waals surface area contributed by atoms with Crippen LogP contribution in [0.2, 0.25) is 0 Å². The Morgan fingerprint density at radius 3 is 2.27 bits per heavy atom. The minimum absolute atomic E-state index is 0.588. The molecule has 3 aliphatic rings. The molecule has 2 nitrogen and oxygen atoms in total. The third kappa shape index (κ3) is 2.36. The van der Waals surface area contributed by atoms with E-state index in [9.17, 15) is 0 Å². The van der Waals surface area contributed by atoms with Crippen molar-refractivity contribution in [1.29, 1.82) is 0 Å². The highest BCUT2D eigenvalue weighted by Crippen LogP contribution is 2.44. The number of epoxide rings is 1. The van der Waals surface area contributed by atoms with E-state index in [1.807, 2.05) is 0 Å². The Morgan fingerprint density at radius 1 is 1.00 bits per heavy atom. The zero-order valence-electron chi connectivity index (χ0n) is 9.71. The first-order valence-electron chi connectivity index (χ1n) is 6.70. The molecule has 0 amide bonds. The second-order valence-electron chi connectivity index (χ2n) is 5.82. The monoisotopic (exact) mass is 209 g/mol. The highest BCUT2D eigenvalue weighted by molar-refractivity contribution is 4.89. The van der Waals surface area contributed by atoms with E-state index in [-0.39, 0.29) is 0 Å². The third-order valence-electron chi connectivity index (χ3n) is 4.70. The Kier molecular flexibility index (Phi) is 2.73. The van der Waals surface area contributed by atoms with Crippen molar-refractivity contribution in [3.05, 3.63) is 0 Å². The van der Waals surface area contributed by atoms with Crippen molar-refractivity contribution in [1.82, 2.24) is 4.90 Å². The fraction of sp³-hybridized carbons (Fsp3) is 1.00. The molecule has 15 heavy (non-hydrogen) atoms. The number of piperidine rings is 1. The van der Waals surface area contributed by atoms with Crippen LogP contribution in [-0.4, -0.2) is 37.2 Å². The highest BCUT2D eigenvalue weighted by atomic mass is 16.6. The summed E-state index contributed by atoms with van der Waals surface area (Å²) >= 11 is 0. The largest absolute Gasteiger partial charge is 0.372 e. The van der Waals surface area contributed by atoms with Crippen LogP contribution in [0.15, 0.2) is 0 Å². The molecule has 0 bridgehead atoms. The van der Waals surface area contributed by atoms with Crippen molar-refractivity contribution in [3.8, 4) is 0 Å². The summed E-state index contributed by atoms with van der Waals surface area (Å²) in [4.78, 5) is 2.62. The molecule has 1 unspecified atom stereocenters. The quantitative estimate of drug-likeness (QED) is 0.649. The van der Waals surface area contributed by atoms with Crippen LogP contribution in [0.25, 0.3) is 0 Å². The predicted octanol–water partition coefficient (Wildman–Crippen LogP) is 2.43. The summed E-state index contributed by atoms with van der Waals surface area (Å²) in [6, 6.07) is 0. The summed E-state index contributed by atoms with van der Waals surface area (Å²) in [5.74, 6) is 0. The van der Waals surface area contributed by atoms with Crippen LogP contribution in [0, 0.1) is 5.41 Å². The van der Waals surface area contributed by atoms with Gasteiger partial charge in [-0.05, 0) is 44.2 Å². The lowest BCUT2D eigenvalue weighted by Crippen LogP contribution is -2.42. The Morgan fingerprint density at radius 2 is 1.67 bits per heavy atom. The average molecular weight is 209 g/mol. The molecule has 3 rings (SSSR count). The molecule has 0 aromatic heterocycles. The molecule has 2 aliphatic heterocycles. The van der Waals surface area contributed by atoms with Crippen LogP contribution in [-0.2, 0) is 4.74 Å². The van der Waals surface area contributed by atoms with Gasteiger partial charge in [-0.25, -0.2) is 0 Å². The molecule has 2 saturated heterocycles. The van der Waals surface area contributed by atoms with Crippen LogP contribution in [0.3, 0.4) is 0 Å². The minimum atomic E-state index is 0.588. The normalized spacial score (nSPS) is 35.6. The van der Waals surface area contributed by atoms with Gasteiger partial charge in [0.05, 0.1) is 12.7 Å². The predicted molar refractivity (Wildman–Crippen MR) is 60.9 cm³/mol. The minimum Gasteiger partial charge on any atom is -0.372 e. The smallest absolute Gasteiger partial charge is 0.0936 e. The van der Waals surface area contributed by atoms with Crippen LogP contribution in [0.5, 0.6) is 0 Å². The summed E-state index contributed by atoms with van der Waals surface area (Å²) in [6.07, 6.45) is 11.0. The van der Waals surface area contributed by atoms with Crippen LogP contribution in [0.1, 0.15) is 44.9 Å². The first-order valence-corrected chi connectivity index (χ1v) is 6.70. The maximum absolute atomic E-state index is 5.31. The zero-order chi connectivity index (χ0) is 10.1. The van der Waals surface area contributed by atoms with E-state index in [1.54, 1.807) is 0 Å². The molecule has 2 heteroatoms. The lowest BCUT2D eigenvalue weighted by Gasteiger charge is -2.44. The molecule has 1 aliphatic carbocycles. The van der Waals surface area contributed by atoms with Crippen molar-refractivity contribution in [3.63, 3.8) is 0 Å². The van der Waals surface area contributed by atoms with E-state index in [2.05, 4.69) is 4.90 Å². The fourth-order valence-electron chi connectivity index (χ4n) is 3.47. The molecule has 0 aromatic rings. The summed E-state index contributed by atoms with van der Waals surface area (Å²) in [5, 5.41) is 0. The van der Waals surface area contributed by atoms with E-state index in [1.165, 1.54) is 64.6 Å². The maximum atomic E-state index is 5.31. The number of hydrogen-bond acceptors (Lipinski definition) is 2. The first kappa shape index (κ1) is 10.1. The van der Waals surface area contributed by atoms with E-state index in [0.29, 0.717) is 6.10 Å². The highest BCUT2D eigenvalue weighted by Gasteiger charge is 2.36.